The van der Waals surface area contributed by atoms with Crippen LogP contribution >= 0.6 is 0 Å². The Balaban J connectivity index is 3.32. The molecule has 0 aliphatic rings. The van der Waals surface area contributed by atoms with Crippen molar-refractivity contribution < 1.29 is 23.6 Å². The second-order valence-corrected chi connectivity index (χ2v) is 2.78. The van der Waals surface area contributed by atoms with E-state index >= 15 is 0 Å². The molecule has 6 heteroatoms. The zero-order valence-electron chi connectivity index (χ0n) is 7.29. The summed E-state index contributed by atoms with van der Waals surface area (Å²) in [7, 11) is -2.23. The predicted molar refractivity (Wildman–Crippen MR) is 46.2 cm³/mol. The minimum absolute atomic E-state index is 0.149. The highest BCUT2D eigenvalue weighted by molar-refractivity contribution is 6.58. The van der Waals surface area contributed by atoms with E-state index in [1.165, 1.54) is 0 Å². The Hall–Kier alpha value is -1.27. The normalized spacial score (nSPS) is 10.1. The van der Waals surface area contributed by atoms with Gasteiger partial charge in [-0.1, -0.05) is 0 Å². The first-order valence-electron chi connectivity index (χ1n) is 3.79. The van der Waals surface area contributed by atoms with Crippen molar-refractivity contribution in [2.24, 2.45) is 0 Å². The summed E-state index contributed by atoms with van der Waals surface area (Å²) in [6, 6.07) is 1.53. The van der Waals surface area contributed by atoms with Gasteiger partial charge in [0.15, 0.2) is 5.78 Å². The van der Waals surface area contributed by atoms with E-state index in [0.29, 0.717) is 0 Å². The molecule has 3 nitrogen and oxygen atoms in total. The summed E-state index contributed by atoms with van der Waals surface area (Å²) < 4.78 is 26.0. The standard InChI is InChI=1S/C8H7BF2O3/c1-4(12)5-2-6(10)8(9(13)14)7(11)3-5/h2-3,13-14H,1H3. The Labute approximate surface area is 79.1 Å². The first-order valence-corrected chi connectivity index (χ1v) is 3.79. The molecule has 14 heavy (non-hydrogen) atoms. The van der Waals surface area contributed by atoms with Gasteiger partial charge in [0.05, 0.1) is 5.46 Å². The Morgan fingerprint density at radius 1 is 1.29 bits per heavy atom. The van der Waals surface area contributed by atoms with Crippen molar-refractivity contribution in [3.8, 4) is 0 Å². The maximum absolute atomic E-state index is 13.0. The molecule has 0 atom stereocenters. The van der Waals surface area contributed by atoms with E-state index in [1.54, 1.807) is 0 Å². The molecular weight excluding hydrogens is 193 g/mol. The second-order valence-electron chi connectivity index (χ2n) is 2.78. The predicted octanol–water partition coefficient (Wildman–Crippen LogP) is -0.153. The van der Waals surface area contributed by atoms with Gasteiger partial charge in [-0.15, -0.1) is 0 Å². The molecule has 2 N–H and O–H groups in total. The molecule has 0 fully saturated rings. The molecule has 1 aromatic rings. The maximum Gasteiger partial charge on any atom is 0.494 e. The van der Waals surface area contributed by atoms with Crippen molar-refractivity contribution in [1.29, 1.82) is 0 Å². The smallest absolute Gasteiger partial charge is 0.423 e. The zero-order valence-corrected chi connectivity index (χ0v) is 7.29. The van der Waals surface area contributed by atoms with Crippen molar-refractivity contribution in [3.05, 3.63) is 29.3 Å². The summed E-state index contributed by atoms with van der Waals surface area (Å²) in [6.45, 7) is 1.16. The Morgan fingerprint density at radius 3 is 2.00 bits per heavy atom. The van der Waals surface area contributed by atoms with Crippen LogP contribution in [0.15, 0.2) is 12.1 Å². The van der Waals surface area contributed by atoms with Crippen LogP contribution in [0.25, 0.3) is 0 Å². The van der Waals surface area contributed by atoms with Crippen molar-refractivity contribution in [2.75, 3.05) is 0 Å². The monoisotopic (exact) mass is 200 g/mol. The second kappa shape index (κ2) is 3.85. The van der Waals surface area contributed by atoms with Crippen LogP contribution in [-0.4, -0.2) is 22.9 Å². The van der Waals surface area contributed by atoms with Crippen LogP contribution in [0.2, 0.25) is 0 Å². The van der Waals surface area contributed by atoms with Crippen molar-refractivity contribution in [2.45, 2.75) is 6.92 Å². The lowest BCUT2D eigenvalue weighted by molar-refractivity contribution is 0.101. The summed E-state index contributed by atoms with van der Waals surface area (Å²) in [5, 5.41) is 17.2. The lowest BCUT2D eigenvalue weighted by Gasteiger charge is -2.04. The van der Waals surface area contributed by atoms with E-state index < -0.39 is 30.0 Å². The van der Waals surface area contributed by atoms with Crippen molar-refractivity contribution >= 4 is 18.4 Å². The SMILES string of the molecule is CC(=O)c1cc(F)c(B(O)O)c(F)c1. The maximum atomic E-state index is 13.0. The molecule has 0 radical (unpaired) electrons. The van der Waals surface area contributed by atoms with Crippen molar-refractivity contribution in [3.63, 3.8) is 0 Å². The van der Waals surface area contributed by atoms with E-state index in [9.17, 15) is 13.6 Å². The van der Waals surface area contributed by atoms with E-state index in [1.807, 2.05) is 0 Å². The number of carbonyl (C=O) groups is 1. The Kier molecular flexibility index (Phi) is 2.98. The van der Waals surface area contributed by atoms with Gasteiger partial charge in [-0.2, -0.15) is 0 Å². The Morgan fingerprint density at radius 2 is 1.71 bits per heavy atom. The third-order valence-corrected chi connectivity index (χ3v) is 1.74. The van der Waals surface area contributed by atoms with Crippen LogP contribution in [0, 0.1) is 11.6 Å². The molecule has 0 aromatic heterocycles. The number of ketones is 1. The molecule has 0 unspecified atom stereocenters. The van der Waals surface area contributed by atoms with Crippen LogP contribution in [0.5, 0.6) is 0 Å². The molecule has 74 valence electrons. The molecule has 0 bridgehead atoms. The highest BCUT2D eigenvalue weighted by atomic mass is 19.1. The third kappa shape index (κ3) is 1.97. The number of carbonyl (C=O) groups excluding carboxylic acids is 1. The summed E-state index contributed by atoms with van der Waals surface area (Å²) >= 11 is 0. The fraction of sp³-hybridized carbons (Fsp3) is 0.125. The first kappa shape index (κ1) is 10.8. The van der Waals surface area contributed by atoms with Crippen LogP contribution in [0.1, 0.15) is 17.3 Å². The number of rotatable bonds is 2. The van der Waals surface area contributed by atoms with Crippen LogP contribution in [0.4, 0.5) is 8.78 Å². The molecule has 0 spiro atoms. The van der Waals surface area contributed by atoms with Crippen LogP contribution in [-0.2, 0) is 0 Å². The molecule has 1 rings (SSSR count). The quantitative estimate of drug-likeness (QED) is 0.515. The number of hydrogen-bond donors (Lipinski definition) is 2. The fourth-order valence-corrected chi connectivity index (χ4v) is 1.03. The molecule has 0 aliphatic heterocycles. The van der Waals surface area contributed by atoms with Crippen LogP contribution < -0.4 is 5.46 Å². The number of hydrogen-bond acceptors (Lipinski definition) is 3. The van der Waals surface area contributed by atoms with Gasteiger partial charge in [0.1, 0.15) is 11.6 Å². The lowest BCUT2D eigenvalue weighted by atomic mass is 9.79. The average molecular weight is 200 g/mol. The number of Topliss-reactive ketones (excluding diaryl/α,β-unsaturated/α-hetero) is 1. The van der Waals surface area contributed by atoms with Gasteiger partial charge in [-0.05, 0) is 19.1 Å². The fourth-order valence-electron chi connectivity index (χ4n) is 1.03. The molecule has 0 saturated heterocycles. The van der Waals surface area contributed by atoms with Gasteiger partial charge in [0.2, 0.25) is 0 Å². The van der Waals surface area contributed by atoms with Gasteiger partial charge in [0.25, 0.3) is 0 Å². The molecular formula is C8H7BF2O3. The van der Waals surface area contributed by atoms with E-state index in [4.69, 9.17) is 10.0 Å². The van der Waals surface area contributed by atoms with E-state index in [2.05, 4.69) is 0 Å². The molecule has 0 amide bonds. The lowest BCUT2D eigenvalue weighted by Crippen LogP contribution is -2.36. The van der Waals surface area contributed by atoms with Gasteiger partial charge in [0, 0.05) is 5.56 Å². The first-order chi connectivity index (χ1) is 6.43. The minimum atomic E-state index is -2.23. The summed E-state index contributed by atoms with van der Waals surface area (Å²) in [6.07, 6.45) is 0. The Bertz CT molecular complexity index is 356. The molecule has 0 saturated carbocycles. The minimum Gasteiger partial charge on any atom is -0.423 e. The highest BCUT2D eigenvalue weighted by Gasteiger charge is 2.23. The van der Waals surface area contributed by atoms with Gasteiger partial charge < -0.3 is 10.0 Å². The summed E-state index contributed by atoms with van der Waals surface area (Å²) in [5.74, 6) is -2.79. The molecule has 0 heterocycles. The van der Waals surface area contributed by atoms with E-state index in [-0.39, 0.29) is 5.56 Å². The van der Waals surface area contributed by atoms with Gasteiger partial charge in [-0.3, -0.25) is 4.79 Å². The molecule has 1 aromatic carbocycles. The van der Waals surface area contributed by atoms with Gasteiger partial charge >= 0.3 is 7.12 Å². The van der Waals surface area contributed by atoms with E-state index in [0.717, 1.165) is 19.1 Å². The highest BCUT2D eigenvalue weighted by Crippen LogP contribution is 2.07. The number of halogens is 2. The van der Waals surface area contributed by atoms with Crippen LogP contribution in [0.3, 0.4) is 0 Å². The third-order valence-electron chi connectivity index (χ3n) is 1.74. The van der Waals surface area contributed by atoms with Crippen molar-refractivity contribution in [1.82, 2.24) is 0 Å². The number of benzene rings is 1. The average Bonchev–Trinajstić information content (AvgIpc) is 2.01. The largest absolute Gasteiger partial charge is 0.494 e. The summed E-state index contributed by atoms with van der Waals surface area (Å²) in [4.78, 5) is 10.8. The zero-order chi connectivity index (χ0) is 10.9. The summed E-state index contributed by atoms with van der Waals surface area (Å²) in [5.41, 5.74) is -1.00. The topological polar surface area (TPSA) is 57.5 Å². The molecule has 0 aliphatic carbocycles. The van der Waals surface area contributed by atoms with Gasteiger partial charge in [-0.25, -0.2) is 8.78 Å².